The first kappa shape index (κ1) is 15.0. The third-order valence-corrected chi connectivity index (χ3v) is 2.78. The number of nitrogens with zero attached hydrogens (tertiary/aromatic N) is 2. The van der Waals surface area contributed by atoms with Crippen LogP contribution in [-0.4, -0.2) is 21.4 Å². The fourth-order valence-corrected chi connectivity index (χ4v) is 1.77. The molecule has 2 N–H and O–H groups in total. The van der Waals surface area contributed by atoms with Gasteiger partial charge >= 0.3 is 0 Å². The number of carbonyl (C=O) groups is 1. The maximum atomic E-state index is 12.0. The lowest BCUT2D eigenvalue weighted by atomic mass is 10.1. The Bertz CT molecular complexity index is 629. The van der Waals surface area contributed by atoms with Gasteiger partial charge in [0.2, 0.25) is 0 Å². The summed E-state index contributed by atoms with van der Waals surface area (Å²) in [6.45, 7) is 7.78. The second-order valence-corrected chi connectivity index (χ2v) is 5.93. The molecule has 0 atom stereocenters. The van der Waals surface area contributed by atoms with E-state index in [2.05, 4.69) is 20.6 Å². The minimum absolute atomic E-state index is 0.225. The first-order valence-electron chi connectivity index (χ1n) is 6.82. The molecule has 1 aromatic heterocycles. The molecule has 110 valence electrons. The summed E-state index contributed by atoms with van der Waals surface area (Å²) in [7, 11) is 0. The van der Waals surface area contributed by atoms with Crippen molar-refractivity contribution < 1.29 is 4.79 Å². The SMILES string of the molecule is Cc1ccccc1Nc1cnc(C(=O)NC(C)(C)C)cn1. The molecule has 0 saturated carbocycles. The zero-order valence-electron chi connectivity index (χ0n) is 12.8. The molecule has 5 nitrogen and oxygen atoms in total. The van der Waals surface area contributed by atoms with E-state index in [0.29, 0.717) is 11.5 Å². The molecule has 1 heterocycles. The van der Waals surface area contributed by atoms with E-state index in [1.165, 1.54) is 6.20 Å². The van der Waals surface area contributed by atoms with Crippen molar-refractivity contribution in [3.05, 3.63) is 47.9 Å². The number of nitrogens with one attached hydrogen (secondary N) is 2. The topological polar surface area (TPSA) is 66.9 Å². The Balaban J connectivity index is 2.09. The predicted molar refractivity (Wildman–Crippen MR) is 83.7 cm³/mol. The number of amides is 1. The average molecular weight is 284 g/mol. The quantitative estimate of drug-likeness (QED) is 0.909. The van der Waals surface area contributed by atoms with Gasteiger partial charge in [0.1, 0.15) is 11.5 Å². The Labute approximate surface area is 124 Å². The van der Waals surface area contributed by atoms with Crippen molar-refractivity contribution >= 4 is 17.4 Å². The van der Waals surface area contributed by atoms with Crippen molar-refractivity contribution in [2.45, 2.75) is 33.2 Å². The van der Waals surface area contributed by atoms with E-state index < -0.39 is 0 Å². The number of hydrogen-bond donors (Lipinski definition) is 2. The van der Waals surface area contributed by atoms with Crippen molar-refractivity contribution in [1.29, 1.82) is 0 Å². The van der Waals surface area contributed by atoms with Crippen LogP contribution in [-0.2, 0) is 0 Å². The fraction of sp³-hybridized carbons (Fsp3) is 0.312. The molecule has 1 aromatic carbocycles. The van der Waals surface area contributed by atoms with Gasteiger partial charge in [-0.2, -0.15) is 0 Å². The van der Waals surface area contributed by atoms with Gasteiger partial charge in [-0.15, -0.1) is 0 Å². The first-order valence-corrected chi connectivity index (χ1v) is 6.82. The molecule has 21 heavy (non-hydrogen) atoms. The second kappa shape index (κ2) is 5.91. The van der Waals surface area contributed by atoms with E-state index in [9.17, 15) is 4.79 Å². The Kier molecular flexibility index (Phi) is 4.21. The van der Waals surface area contributed by atoms with E-state index in [-0.39, 0.29) is 11.4 Å². The minimum atomic E-state index is -0.295. The van der Waals surface area contributed by atoms with Crippen LogP contribution in [0.1, 0.15) is 36.8 Å². The second-order valence-electron chi connectivity index (χ2n) is 5.93. The third-order valence-electron chi connectivity index (χ3n) is 2.78. The lowest BCUT2D eigenvalue weighted by molar-refractivity contribution is 0.0914. The van der Waals surface area contributed by atoms with Crippen LogP contribution in [0.5, 0.6) is 0 Å². The molecule has 1 amide bonds. The van der Waals surface area contributed by atoms with Crippen LogP contribution in [0.15, 0.2) is 36.7 Å². The number of para-hydroxylation sites is 1. The largest absolute Gasteiger partial charge is 0.346 e. The average Bonchev–Trinajstić information content (AvgIpc) is 2.40. The molecular weight excluding hydrogens is 264 g/mol. The first-order chi connectivity index (χ1) is 9.85. The van der Waals surface area contributed by atoms with E-state index in [1.807, 2.05) is 52.0 Å². The van der Waals surface area contributed by atoms with Gasteiger partial charge in [0.15, 0.2) is 0 Å². The van der Waals surface area contributed by atoms with Crippen LogP contribution in [0.4, 0.5) is 11.5 Å². The van der Waals surface area contributed by atoms with Crippen LogP contribution in [0, 0.1) is 6.92 Å². The highest BCUT2D eigenvalue weighted by Crippen LogP contribution is 2.17. The molecule has 0 radical (unpaired) electrons. The highest BCUT2D eigenvalue weighted by atomic mass is 16.2. The van der Waals surface area contributed by atoms with Crippen molar-refractivity contribution in [1.82, 2.24) is 15.3 Å². The van der Waals surface area contributed by atoms with Crippen LogP contribution in [0.2, 0.25) is 0 Å². The summed E-state index contributed by atoms with van der Waals surface area (Å²) in [5.41, 5.74) is 2.10. The summed E-state index contributed by atoms with van der Waals surface area (Å²) >= 11 is 0. The number of rotatable bonds is 3. The maximum absolute atomic E-state index is 12.0. The van der Waals surface area contributed by atoms with Gasteiger partial charge in [-0.1, -0.05) is 18.2 Å². The lowest BCUT2D eigenvalue weighted by Crippen LogP contribution is -2.40. The van der Waals surface area contributed by atoms with Crippen LogP contribution in [0.25, 0.3) is 0 Å². The van der Waals surface area contributed by atoms with E-state index in [4.69, 9.17) is 0 Å². The molecule has 0 aliphatic rings. The summed E-state index contributed by atoms with van der Waals surface area (Å²) in [4.78, 5) is 20.3. The molecule has 0 aliphatic carbocycles. The molecule has 0 saturated heterocycles. The normalized spacial score (nSPS) is 11.0. The highest BCUT2D eigenvalue weighted by Gasteiger charge is 2.16. The number of benzene rings is 1. The molecule has 0 unspecified atom stereocenters. The molecule has 5 heteroatoms. The van der Waals surface area contributed by atoms with E-state index >= 15 is 0 Å². The number of hydrogen-bond acceptors (Lipinski definition) is 4. The van der Waals surface area contributed by atoms with Crippen molar-refractivity contribution in [3.63, 3.8) is 0 Å². The zero-order valence-corrected chi connectivity index (χ0v) is 12.8. The number of aryl methyl sites for hydroxylation is 1. The third kappa shape index (κ3) is 4.27. The van der Waals surface area contributed by atoms with Crippen LogP contribution in [0.3, 0.4) is 0 Å². The monoisotopic (exact) mass is 284 g/mol. The Morgan fingerprint density at radius 1 is 1.10 bits per heavy atom. The predicted octanol–water partition coefficient (Wildman–Crippen LogP) is 3.06. The molecule has 0 bridgehead atoms. The van der Waals surface area contributed by atoms with Crippen molar-refractivity contribution in [3.8, 4) is 0 Å². The van der Waals surface area contributed by atoms with Crippen molar-refractivity contribution in [2.75, 3.05) is 5.32 Å². The van der Waals surface area contributed by atoms with E-state index in [0.717, 1.165) is 11.3 Å². The fourth-order valence-electron chi connectivity index (χ4n) is 1.77. The van der Waals surface area contributed by atoms with Gasteiger partial charge in [-0.25, -0.2) is 9.97 Å². The van der Waals surface area contributed by atoms with Gasteiger partial charge in [-0.3, -0.25) is 4.79 Å². The summed E-state index contributed by atoms with van der Waals surface area (Å²) in [6, 6.07) is 7.91. The minimum Gasteiger partial charge on any atom is -0.346 e. The lowest BCUT2D eigenvalue weighted by Gasteiger charge is -2.19. The summed E-state index contributed by atoms with van der Waals surface area (Å²) in [6.07, 6.45) is 3.03. The zero-order chi connectivity index (χ0) is 15.5. The standard InChI is InChI=1S/C16H20N4O/c1-11-7-5-6-8-12(11)19-14-10-17-13(9-18-14)15(21)20-16(2,3)4/h5-10H,1-4H3,(H,18,19)(H,20,21). The number of aromatic nitrogens is 2. The smallest absolute Gasteiger partial charge is 0.271 e. The van der Waals surface area contributed by atoms with Gasteiger partial charge in [0, 0.05) is 11.2 Å². The molecule has 0 spiro atoms. The van der Waals surface area contributed by atoms with Crippen LogP contribution >= 0.6 is 0 Å². The van der Waals surface area contributed by atoms with Gasteiger partial charge < -0.3 is 10.6 Å². The van der Waals surface area contributed by atoms with E-state index in [1.54, 1.807) is 6.20 Å². The Morgan fingerprint density at radius 3 is 2.38 bits per heavy atom. The summed E-state index contributed by atoms with van der Waals surface area (Å²) in [5, 5.41) is 6.03. The maximum Gasteiger partial charge on any atom is 0.271 e. The van der Waals surface area contributed by atoms with Gasteiger partial charge in [0.05, 0.1) is 12.4 Å². The molecule has 0 fully saturated rings. The molecular formula is C16H20N4O. The Morgan fingerprint density at radius 2 is 1.81 bits per heavy atom. The van der Waals surface area contributed by atoms with Gasteiger partial charge in [0.25, 0.3) is 5.91 Å². The van der Waals surface area contributed by atoms with Gasteiger partial charge in [-0.05, 0) is 39.3 Å². The number of anilines is 2. The van der Waals surface area contributed by atoms with Crippen molar-refractivity contribution in [2.24, 2.45) is 0 Å². The highest BCUT2D eigenvalue weighted by molar-refractivity contribution is 5.92. The number of carbonyl (C=O) groups excluding carboxylic acids is 1. The summed E-state index contributed by atoms with van der Waals surface area (Å²) < 4.78 is 0. The summed E-state index contributed by atoms with van der Waals surface area (Å²) in [5.74, 6) is 0.383. The molecule has 2 aromatic rings. The van der Waals surface area contributed by atoms with Crippen LogP contribution < -0.4 is 10.6 Å². The molecule has 2 rings (SSSR count). The molecule has 0 aliphatic heterocycles. The Hall–Kier alpha value is -2.43.